The second kappa shape index (κ2) is 7.68. The normalized spacial score (nSPS) is 16.1. The zero-order valence-electron chi connectivity index (χ0n) is 13.4. The minimum Gasteiger partial charge on any atom is -0.352 e. The number of thioether (sulfide) groups is 1. The molecule has 0 radical (unpaired) electrons. The third-order valence-corrected chi connectivity index (χ3v) is 5.63. The van der Waals surface area contributed by atoms with E-state index in [9.17, 15) is 9.59 Å². The van der Waals surface area contributed by atoms with Crippen LogP contribution in [0.4, 0.5) is 5.69 Å². The van der Waals surface area contributed by atoms with Crippen LogP contribution >= 0.6 is 35.0 Å². The average molecular weight is 395 g/mol. The molecular formula is C18H16Cl2N2O2S. The van der Waals surface area contributed by atoms with E-state index in [1.807, 2.05) is 19.1 Å². The minimum atomic E-state index is -0.189. The van der Waals surface area contributed by atoms with Crippen LogP contribution < -0.4 is 10.6 Å². The fourth-order valence-electron chi connectivity index (χ4n) is 2.49. The number of anilines is 1. The van der Waals surface area contributed by atoms with Crippen LogP contribution in [0.25, 0.3) is 0 Å². The fraction of sp³-hybridized carbons (Fsp3) is 0.222. The van der Waals surface area contributed by atoms with Gasteiger partial charge in [-0.25, -0.2) is 0 Å². The molecule has 0 saturated heterocycles. The van der Waals surface area contributed by atoms with Crippen molar-refractivity contribution in [3.05, 3.63) is 57.6 Å². The summed E-state index contributed by atoms with van der Waals surface area (Å²) in [4.78, 5) is 25.1. The van der Waals surface area contributed by atoms with Gasteiger partial charge in [0.1, 0.15) is 0 Å². The minimum absolute atomic E-state index is 0.0487. The Labute approximate surface area is 160 Å². The van der Waals surface area contributed by atoms with Crippen molar-refractivity contribution in [3.63, 3.8) is 0 Å². The van der Waals surface area contributed by atoms with Crippen molar-refractivity contribution < 1.29 is 9.59 Å². The van der Waals surface area contributed by atoms with E-state index in [0.717, 1.165) is 10.5 Å². The first kappa shape index (κ1) is 18.1. The molecule has 2 aromatic carbocycles. The number of amides is 2. The SMILES string of the molecule is C[C@H]1Sc2ccc(C(=O)NCCc3ccc(Cl)cc3Cl)cc2NC1=O. The van der Waals surface area contributed by atoms with E-state index < -0.39 is 0 Å². The quantitative estimate of drug-likeness (QED) is 0.807. The summed E-state index contributed by atoms with van der Waals surface area (Å²) in [5.41, 5.74) is 2.12. The number of carbonyl (C=O) groups is 2. The highest BCUT2D eigenvalue weighted by Crippen LogP contribution is 2.35. The molecular weight excluding hydrogens is 379 g/mol. The Kier molecular flexibility index (Phi) is 5.57. The molecule has 0 aromatic heterocycles. The first-order valence-electron chi connectivity index (χ1n) is 7.78. The number of halogens is 2. The highest BCUT2D eigenvalue weighted by molar-refractivity contribution is 8.00. The molecule has 1 aliphatic heterocycles. The Balaban J connectivity index is 1.62. The maximum absolute atomic E-state index is 12.3. The smallest absolute Gasteiger partial charge is 0.251 e. The lowest BCUT2D eigenvalue weighted by molar-refractivity contribution is -0.115. The summed E-state index contributed by atoms with van der Waals surface area (Å²) >= 11 is 13.5. The highest BCUT2D eigenvalue weighted by atomic mass is 35.5. The molecule has 0 aliphatic carbocycles. The lowest BCUT2D eigenvalue weighted by Gasteiger charge is -2.21. The molecule has 130 valence electrons. The van der Waals surface area contributed by atoms with Crippen molar-refractivity contribution in [1.29, 1.82) is 0 Å². The van der Waals surface area contributed by atoms with Gasteiger partial charge < -0.3 is 10.6 Å². The van der Waals surface area contributed by atoms with Crippen molar-refractivity contribution in [3.8, 4) is 0 Å². The molecule has 1 aliphatic rings. The Morgan fingerprint density at radius 1 is 1.24 bits per heavy atom. The first-order valence-corrected chi connectivity index (χ1v) is 9.41. The first-order chi connectivity index (χ1) is 11.9. The molecule has 0 unspecified atom stereocenters. The number of hydrogen-bond acceptors (Lipinski definition) is 3. The van der Waals surface area contributed by atoms with E-state index in [0.29, 0.717) is 34.3 Å². The number of benzene rings is 2. The van der Waals surface area contributed by atoms with Gasteiger partial charge in [0.2, 0.25) is 5.91 Å². The Morgan fingerprint density at radius 2 is 2.04 bits per heavy atom. The second-order valence-electron chi connectivity index (χ2n) is 5.70. The van der Waals surface area contributed by atoms with Gasteiger partial charge >= 0.3 is 0 Å². The van der Waals surface area contributed by atoms with Gasteiger partial charge in [0.25, 0.3) is 5.91 Å². The predicted octanol–water partition coefficient (Wildman–Crippen LogP) is 4.40. The molecule has 0 saturated carbocycles. The van der Waals surface area contributed by atoms with Gasteiger partial charge in [0, 0.05) is 27.0 Å². The van der Waals surface area contributed by atoms with Crippen molar-refractivity contribution in [1.82, 2.24) is 5.32 Å². The van der Waals surface area contributed by atoms with Gasteiger partial charge in [-0.15, -0.1) is 11.8 Å². The Morgan fingerprint density at radius 3 is 2.80 bits per heavy atom. The maximum atomic E-state index is 12.3. The molecule has 7 heteroatoms. The van der Waals surface area contributed by atoms with Crippen LogP contribution in [-0.2, 0) is 11.2 Å². The van der Waals surface area contributed by atoms with Crippen LogP contribution in [0.15, 0.2) is 41.3 Å². The third kappa shape index (κ3) is 4.29. The molecule has 4 nitrogen and oxygen atoms in total. The zero-order chi connectivity index (χ0) is 18.0. The monoisotopic (exact) mass is 394 g/mol. The van der Waals surface area contributed by atoms with Crippen molar-refractivity contribution >= 4 is 52.5 Å². The van der Waals surface area contributed by atoms with E-state index in [2.05, 4.69) is 10.6 Å². The standard InChI is InChI=1S/C18H16Cl2N2O2S/c1-10-17(23)22-15-8-12(3-5-16(15)25-10)18(24)21-7-6-11-2-4-13(19)9-14(11)20/h2-5,8-10H,6-7H2,1H3,(H,21,24)(H,22,23)/t10-/m1/s1. The van der Waals surface area contributed by atoms with E-state index in [1.165, 1.54) is 11.8 Å². The largest absolute Gasteiger partial charge is 0.352 e. The van der Waals surface area contributed by atoms with Crippen LogP contribution in [0, 0.1) is 0 Å². The summed E-state index contributed by atoms with van der Waals surface area (Å²) in [6.45, 7) is 2.31. The molecule has 2 N–H and O–H groups in total. The van der Waals surface area contributed by atoms with Crippen LogP contribution in [0.1, 0.15) is 22.8 Å². The van der Waals surface area contributed by atoms with Gasteiger partial charge in [-0.05, 0) is 49.2 Å². The van der Waals surface area contributed by atoms with E-state index in [-0.39, 0.29) is 17.1 Å². The average Bonchev–Trinajstić information content (AvgIpc) is 2.57. The van der Waals surface area contributed by atoms with E-state index in [1.54, 1.807) is 24.3 Å². The van der Waals surface area contributed by atoms with Crippen molar-refractivity contribution in [2.24, 2.45) is 0 Å². The van der Waals surface area contributed by atoms with Crippen LogP contribution in [0.3, 0.4) is 0 Å². The van der Waals surface area contributed by atoms with Crippen LogP contribution in [-0.4, -0.2) is 23.6 Å². The highest BCUT2D eigenvalue weighted by Gasteiger charge is 2.23. The fourth-order valence-corrected chi connectivity index (χ4v) is 3.92. The van der Waals surface area contributed by atoms with E-state index in [4.69, 9.17) is 23.2 Å². The summed E-state index contributed by atoms with van der Waals surface area (Å²) in [5, 5.41) is 6.74. The molecule has 0 fully saturated rings. The lowest BCUT2D eigenvalue weighted by Crippen LogP contribution is -2.28. The van der Waals surface area contributed by atoms with Crippen LogP contribution in [0.2, 0.25) is 10.0 Å². The number of carbonyl (C=O) groups excluding carboxylic acids is 2. The summed E-state index contributed by atoms with van der Waals surface area (Å²) in [6.07, 6.45) is 0.608. The summed E-state index contributed by atoms with van der Waals surface area (Å²) in [5.74, 6) is -0.238. The number of fused-ring (bicyclic) bond motifs is 1. The molecule has 2 amide bonds. The van der Waals surface area contributed by atoms with Gasteiger partial charge in [0.15, 0.2) is 0 Å². The van der Waals surface area contributed by atoms with Crippen molar-refractivity contribution in [2.75, 3.05) is 11.9 Å². The zero-order valence-corrected chi connectivity index (χ0v) is 15.8. The van der Waals surface area contributed by atoms with Gasteiger partial charge in [-0.2, -0.15) is 0 Å². The van der Waals surface area contributed by atoms with Crippen LogP contribution in [0.5, 0.6) is 0 Å². The Hall–Kier alpha value is -1.69. The summed E-state index contributed by atoms with van der Waals surface area (Å²) in [6, 6.07) is 10.6. The summed E-state index contributed by atoms with van der Waals surface area (Å²) < 4.78 is 0. The van der Waals surface area contributed by atoms with Gasteiger partial charge in [-0.3, -0.25) is 9.59 Å². The molecule has 2 aromatic rings. The van der Waals surface area contributed by atoms with Gasteiger partial charge in [0.05, 0.1) is 10.9 Å². The maximum Gasteiger partial charge on any atom is 0.251 e. The lowest BCUT2D eigenvalue weighted by atomic mass is 10.1. The van der Waals surface area contributed by atoms with Gasteiger partial charge in [-0.1, -0.05) is 29.3 Å². The number of hydrogen-bond donors (Lipinski definition) is 2. The molecule has 25 heavy (non-hydrogen) atoms. The topological polar surface area (TPSA) is 58.2 Å². The second-order valence-corrected chi connectivity index (χ2v) is 7.93. The molecule has 0 bridgehead atoms. The summed E-state index contributed by atoms with van der Waals surface area (Å²) in [7, 11) is 0. The number of rotatable bonds is 4. The number of nitrogens with one attached hydrogen (secondary N) is 2. The Bertz CT molecular complexity index is 842. The third-order valence-electron chi connectivity index (χ3n) is 3.87. The van der Waals surface area contributed by atoms with Crippen molar-refractivity contribution in [2.45, 2.75) is 23.5 Å². The molecule has 1 heterocycles. The molecule has 3 rings (SSSR count). The van der Waals surface area contributed by atoms with E-state index >= 15 is 0 Å². The molecule has 1 atom stereocenters. The predicted molar refractivity (Wildman–Crippen MR) is 103 cm³/mol. The molecule has 0 spiro atoms.